The summed E-state index contributed by atoms with van der Waals surface area (Å²) in [4.78, 5) is 11.5. The van der Waals surface area contributed by atoms with Crippen LogP contribution in [0.5, 0.6) is 0 Å². The Morgan fingerprint density at radius 3 is 2.18 bits per heavy atom. The zero-order chi connectivity index (χ0) is 13.5. The second-order valence-corrected chi connectivity index (χ2v) is 5.85. The Balaban J connectivity index is 4.46. The summed E-state index contributed by atoms with van der Waals surface area (Å²) in [5.41, 5.74) is 5.67. The van der Waals surface area contributed by atoms with Crippen LogP contribution in [0.25, 0.3) is 0 Å². The highest BCUT2D eigenvalue weighted by Crippen LogP contribution is 2.38. The van der Waals surface area contributed by atoms with E-state index in [0.29, 0.717) is 6.42 Å². The molecule has 0 aliphatic rings. The van der Waals surface area contributed by atoms with Gasteiger partial charge in [0.25, 0.3) is 0 Å². The Labute approximate surface area is 106 Å². The number of ether oxygens (including phenoxy) is 1. The molecule has 0 aromatic heterocycles. The highest BCUT2D eigenvalue weighted by molar-refractivity contribution is 5.70. The Bertz CT molecular complexity index is 233. The molecular formula is C14H29NO2. The molecule has 0 fully saturated rings. The third-order valence-electron chi connectivity index (χ3n) is 3.90. The summed E-state index contributed by atoms with van der Waals surface area (Å²) >= 11 is 0. The van der Waals surface area contributed by atoms with Crippen LogP contribution in [0.15, 0.2) is 0 Å². The molecule has 0 aromatic carbocycles. The Kier molecular flexibility index (Phi) is 6.76. The van der Waals surface area contributed by atoms with Gasteiger partial charge in [0.2, 0.25) is 0 Å². The minimum atomic E-state index is -0.368. The van der Waals surface area contributed by atoms with Crippen LogP contribution in [0.2, 0.25) is 0 Å². The lowest BCUT2D eigenvalue weighted by Gasteiger charge is -2.41. The molecule has 3 nitrogen and oxygen atoms in total. The van der Waals surface area contributed by atoms with Crippen LogP contribution in [0.3, 0.4) is 0 Å². The Morgan fingerprint density at radius 1 is 1.18 bits per heavy atom. The van der Waals surface area contributed by atoms with E-state index in [9.17, 15) is 4.79 Å². The topological polar surface area (TPSA) is 52.3 Å². The van der Waals surface area contributed by atoms with Crippen LogP contribution < -0.4 is 5.73 Å². The molecule has 0 saturated heterocycles. The van der Waals surface area contributed by atoms with Crippen molar-refractivity contribution in [3.8, 4) is 0 Å². The Morgan fingerprint density at radius 2 is 1.76 bits per heavy atom. The van der Waals surface area contributed by atoms with Gasteiger partial charge in [0.1, 0.15) is 0 Å². The lowest BCUT2D eigenvalue weighted by atomic mass is 9.68. The van der Waals surface area contributed by atoms with Gasteiger partial charge in [0.05, 0.1) is 13.5 Å². The highest BCUT2D eigenvalue weighted by Gasteiger charge is 2.39. The van der Waals surface area contributed by atoms with Gasteiger partial charge < -0.3 is 10.5 Å². The smallest absolute Gasteiger partial charge is 0.306 e. The van der Waals surface area contributed by atoms with Crippen molar-refractivity contribution < 1.29 is 9.53 Å². The van der Waals surface area contributed by atoms with E-state index in [4.69, 9.17) is 10.5 Å². The average Bonchev–Trinajstić information content (AvgIpc) is 2.22. The lowest BCUT2D eigenvalue weighted by Crippen LogP contribution is -2.50. The second-order valence-electron chi connectivity index (χ2n) is 5.85. The van der Waals surface area contributed by atoms with Crippen molar-refractivity contribution in [2.24, 2.45) is 11.1 Å². The Hall–Kier alpha value is -0.570. The molecule has 0 aliphatic heterocycles. The van der Waals surface area contributed by atoms with E-state index in [0.717, 1.165) is 12.8 Å². The van der Waals surface area contributed by atoms with Crippen LogP contribution in [0.1, 0.15) is 66.2 Å². The minimum Gasteiger partial charge on any atom is -0.469 e. The van der Waals surface area contributed by atoms with Gasteiger partial charge in [-0.1, -0.05) is 39.5 Å². The fourth-order valence-corrected chi connectivity index (χ4v) is 1.97. The summed E-state index contributed by atoms with van der Waals surface area (Å²) in [5, 5.41) is 0. The molecule has 1 atom stereocenters. The maximum Gasteiger partial charge on any atom is 0.306 e. The summed E-state index contributed by atoms with van der Waals surface area (Å²) in [6.45, 7) is 8.28. The number of nitrogens with two attached hydrogens (primary N) is 1. The fourth-order valence-electron chi connectivity index (χ4n) is 1.97. The predicted molar refractivity (Wildman–Crippen MR) is 71.8 cm³/mol. The molecule has 0 radical (unpaired) electrons. The van der Waals surface area contributed by atoms with Gasteiger partial charge in [-0.05, 0) is 25.7 Å². The minimum absolute atomic E-state index is 0.165. The fraction of sp³-hybridized carbons (Fsp3) is 0.929. The maximum atomic E-state index is 11.5. The van der Waals surface area contributed by atoms with Crippen molar-refractivity contribution in [3.63, 3.8) is 0 Å². The van der Waals surface area contributed by atoms with Gasteiger partial charge in [-0.15, -0.1) is 0 Å². The van der Waals surface area contributed by atoms with Crippen molar-refractivity contribution in [1.82, 2.24) is 0 Å². The maximum absolute atomic E-state index is 11.5. The molecule has 0 bridgehead atoms. The van der Waals surface area contributed by atoms with E-state index in [2.05, 4.69) is 13.8 Å². The van der Waals surface area contributed by atoms with E-state index < -0.39 is 0 Å². The molecular weight excluding hydrogens is 214 g/mol. The van der Waals surface area contributed by atoms with Crippen molar-refractivity contribution in [2.45, 2.75) is 71.8 Å². The predicted octanol–water partition coefficient (Wildman–Crippen LogP) is 3.26. The van der Waals surface area contributed by atoms with Crippen molar-refractivity contribution in [1.29, 1.82) is 0 Å². The SMILES string of the molecule is CCCCCCC(C)(CC(=O)OC)C(C)(C)N. The van der Waals surface area contributed by atoms with E-state index >= 15 is 0 Å². The van der Waals surface area contributed by atoms with Crippen LogP contribution >= 0.6 is 0 Å². The van der Waals surface area contributed by atoms with Crippen molar-refractivity contribution >= 4 is 5.97 Å². The molecule has 3 heteroatoms. The summed E-state index contributed by atoms with van der Waals surface area (Å²) in [6, 6.07) is 0. The van der Waals surface area contributed by atoms with E-state index in [1.165, 1.54) is 26.4 Å². The van der Waals surface area contributed by atoms with Gasteiger partial charge in [0, 0.05) is 5.54 Å². The van der Waals surface area contributed by atoms with Crippen molar-refractivity contribution in [3.05, 3.63) is 0 Å². The first-order valence-corrected chi connectivity index (χ1v) is 6.62. The second kappa shape index (κ2) is 7.00. The number of hydrogen-bond donors (Lipinski definition) is 1. The van der Waals surface area contributed by atoms with E-state index in [1.807, 2.05) is 13.8 Å². The van der Waals surface area contributed by atoms with Gasteiger partial charge in [-0.3, -0.25) is 4.79 Å². The highest BCUT2D eigenvalue weighted by atomic mass is 16.5. The normalized spacial score (nSPS) is 15.4. The van der Waals surface area contributed by atoms with Gasteiger partial charge in [-0.25, -0.2) is 0 Å². The molecule has 1 unspecified atom stereocenters. The van der Waals surface area contributed by atoms with Gasteiger partial charge in [0.15, 0.2) is 0 Å². The average molecular weight is 243 g/mol. The number of methoxy groups -OCH3 is 1. The van der Waals surface area contributed by atoms with Crippen LogP contribution in [0.4, 0.5) is 0 Å². The van der Waals surface area contributed by atoms with Crippen LogP contribution in [-0.4, -0.2) is 18.6 Å². The first-order chi connectivity index (χ1) is 7.77. The zero-order valence-electron chi connectivity index (χ0n) is 12.1. The van der Waals surface area contributed by atoms with Gasteiger partial charge >= 0.3 is 5.97 Å². The van der Waals surface area contributed by atoms with Crippen molar-refractivity contribution in [2.75, 3.05) is 7.11 Å². The quantitative estimate of drug-likeness (QED) is 0.526. The molecule has 2 N–H and O–H groups in total. The van der Waals surface area contributed by atoms with E-state index in [1.54, 1.807) is 0 Å². The number of carbonyl (C=O) groups is 1. The summed E-state index contributed by atoms with van der Waals surface area (Å²) < 4.78 is 4.77. The number of carbonyl (C=O) groups excluding carboxylic acids is 1. The first-order valence-electron chi connectivity index (χ1n) is 6.62. The monoisotopic (exact) mass is 243 g/mol. The molecule has 0 aliphatic carbocycles. The van der Waals surface area contributed by atoms with Crippen LogP contribution in [-0.2, 0) is 9.53 Å². The molecule has 0 rings (SSSR count). The molecule has 102 valence electrons. The third-order valence-corrected chi connectivity index (χ3v) is 3.90. The standard InChI is InChI=1S/C14H29NO2/c1-6-7-8-9-10-14(4,13(2,3)15)11-12(16)17-5/h6-11,15H2,1-5H3. The molecule has 0 aromatic rings. The summed E-state index contributed by atoms with van der Waals surface area (Å²) in [7, 11) is 1.43. The third kappa shape index (κ3) is 5.53. The largest absolute Gasteiger partial charge is 0.469 e. The number of unbranched alkanes of at least 4 members (excludes halogenated alkanes) is 3. The first kappa shape index (κ1) is 16.4. The van der Waals surface area contributed by atoms with Gasteiger partial charge in [-0.2, -0.15) is 0 Å². The molecule has 17 heavy (non-hydrogen) atoms. The molecule has 0 spiro atoms. The zero-order valence-corrected chi connectivity index (χ0v) is 12.1. The molecule has 0 saturated carbocycles. The number of hydrogen-bond acceptors (Lipinski definition) is 3. The molecule has 0 heterocycles. The number of esters is 1. The molecule has 0 amide bonds. The van der Waals surface area contributed by atoms with E-state index in [-0.39, 0.29) is 16.9 Å². The number of rotatable bonds is 8. The van der Waals surface area contributed by atoms with Crippen LogP contribution in [0, 0.1) is 5.41 Å². The lowest BCUT2D eigenvalue weighted by molar-refractivity contribution is -0.144. The summed E-state index contributed by atoms with van der Waals surface area (Å²) in [6.07, 6.45) is 6.19. The summed E-state index contributed by atoms with van der Waals surface area (Å²) in [5.74, 6) is -0.165.